The third-order valence-corrected chi connectivity index (χ3v) is 3.24. The van der Waals surface area contributed by atoms with Gasteiger partial charge in [0.2, 0.25) is 5.91 Å². The van der Waals surface area contributed by atoms with Crippen LogP contribution in [-0.4, -0.2) is 28.8 Å². The summed E-state index contributed by atoms with van der Waals surface area (Å²) in [4.78, 5) is 27.0. The zero-order valence-corrected chi connectivity index (χ0v) is 16.5. The van der Waals surface area contributed by atoms with Gasteiger partial charge in [-0.2, -0.15) is 0 Å². The van der Waals surface area contributed by atoms with Crippen molar-refractivity contribution in [1.29, 1.82) is 0 Å². The highest BCUT2D eigenvalue weighted by Gasteiger charge is 2.32. The number of rotatable bonds is 4. The number of terminal acetylenes is 1. The van der Waals surface area contributed by atoms with Gasteiger partial charge in [0.15, 0.2) is 0 Å². The third-order valence-electron chi connectivity index (χ3n) is 3.24. The minimum absolute atomic E-state index is 0.00518. The highest BCUT2D eigenvalue weighted by molar-refractivity contribution is 5.97. The molecule has 0 saturated heterocycles. The van der Waals surface area contributed by atoms with Crippen molar-refractivity contribution in [3.63, 3.8) is 0 Å². The minimum Gasteiger partial charge on any atom is -0.349 e. The molecule has 1 rings (SSSR count). The summed E-state index contributed by atoms with van der Waals surface area (Å²) in [5, 5.41) is 2.93. The molecule has 2 amide bonds. The molecule has 1 N–H and O–H groups in total. The number of amides is 2. The van der Waals surface area contributed by atoms with Gasteiger partial charge in [-0.25, -0.2) is 0 Å². The van der Waals surface area contributed by atoms with Crippen molar-refractivity contribution in [2.24, 2.45) is 5.41 Å². The fourth-order valence-corrected chi connectivity index (χ4v) is 2.24. The predicted molar refractivity (Wildman–Crippen MR) is 105 cm³/mol. The van der Waals surface area contributed by atoms with E-state index in [1.165, 1.54) is 4.90 Å². The first-order valence-corrected chi connectivity index (χ1v) is 8.59. The van der Waals surface area contributed by atoms with Crippen LogP contribution in [0.15, 0.2) is 30.3 Å². The predicted octanol–water partition coefficient (Wildman–Crippen LogP) is 3.15. The lowest BCUT2D eigenvalue weighted by molar-refractivity contribution is -0.137. The number of hydrogen-bond donors (Lipinski definition) is 1. The SMILES string of the molecule is C#CCN(C(=O)C#CC(C)(C)C)C(C(=O)NC(C)(C)C)c1ccccc1. The van der Waals surface area contributed by atoms with Gasteiger partial charge < -0.3 is 10.2 Å². The van der Waals surface area contributed by atoms with E-state index in [1.807, 2.05) is 59.7 Å². The second kappa shape index (κ2) is 8.59. The number of carbonyl (C=O) groups excluding carboxylic acids is 2. The van der Waals surface area contributed by atoms with Crippen molar-refractivity contribution in [2.75, 3.05) is 6.54 Å². The second-order valence-corrected chi connectivity index (χ2v) is 8.19. The maximum absolute atomic E-state index is 13.0. The van der Waals surface area contributed by atoms with Crippen LogP contribution in [0.2, 0.25) is 0 Å². The highest BCUT2D eigenvalue weighted by atomic mass is 16.2. The number of nitrogens with one attached hydrogen (secondary N) is 1. The molecule has 0 aliphatic carbocycles. The molecule has 0 spiro atoms. The van der Waals surface area contributed by atoms with Crippen molar-refractivity contribution in [3.05, 3.63) is 35.9 Å². The molecule has 0 aromatic heterocycles. The maximum atomic E-state index is 13.0. The summed E-state index contributed by atoms with van der Waals surface area (Å²) < 4.78 is 0. The lowest BCUT2D eigenvalue weighted by atomic mass is 9.98. The molecule has 4 nitrogen and oxygen atoms in total. The normalized spacial score (nSPS) is 12.2. The van der Waals surface area contributed by atoms with E-state index in [2.05, 4.69) is 23.1 Å². The van der Waals surface area contributed by atoms with Gasteiger partial charge in [-0.3, -0.25) is 9.59 Å². The first-order valence-electron chi connectivity index (χ1n) is 8.59. The van der Waals surface area contributed by atoms with Crippen LogP contribution in [0.1, 0.15) is 53.1 Å². The molecule has 1 atom stereocenters. The summed E-state index contributed by atoms with van der Waals surface area (Å²) in [5.74, 6) is 7.27. The molecule has 0 fully saturated rings. The van der Waals surface area contributed by atoms with Crippen LogP contribution in [0, 0.1) is 29.6 Å². The van der Waals surface area contributed by atoms with Gasteiger partial charge in [-0.15, -0.1) is 6.42 Å². The Morgan fingerprint density at radius 3 is 2.15 bits per heavy atom. The lowest BCUT2D eigenvalue weighted by Crippen LogP contribution is -2.49. The van der Waals surface area contributed by atoms with Gasteiger partial charge in [0.1, 0.15) is 6.04 Å². The average Bonchev–Trinajstić information content (AvgIpc) is 2.50. The van der Waals surface area contributed by atoms with E-state index in [4.69, 9.17) is 6.42 Å². The highest BCUT2D eigenvalue weighted by Crippen LogP contribution is 2.22. The maximum Gasteiger partial charge on any atom is 0.300 e. The van der Waals surface area contributed by atoms with Crippen LogP contribution in [0.5, 0.6) is 0 Å². The first-order chi connectivity index (χ1) is 11.9. The van der Waals surface area contributed by atoms with Crippen LogP contribution in [-0.2, 0) is 9.59 Å². The molecule has 0 saturated carbocycles. The lowest BCUT2D eigenvalue weighted by Gasteiger charge is -2.31. The fraction of sp³-hybridized carbons (Fsp3) is 0.455. The Labute approximate surface area is 157 Å². The Bertz CT molecular complexity index is 735. The Hall–Kier alpha value is -2.72. The van der Waals surface area contributed by atoms with Gasteiger partial charge in [-0.05, 0) is 53.0 Å². The van der Waals surface area contributed by atoms with Gasteiger partial charge in [0.25, 0.3) is 5.91 Å². The van der Waals surface area contributed by atoms with Crippen molar-refractivity contribution < 1.29 is 9.59 Å². The number of benzene rings is 1. The van der Waals surface area contributed by atoms with Gasteiger partial charge in [0.05, 0.1) is 6.54 Å². The average molecular weight is 352 g/mol. The fourth-order valence-electron chi connectivity index (χ4n) is 2.24. The topological polar surface area (TPSA) is 49.4 Å². The summed E-state index contributed by atoms with van der Waals surface area (Å²) in [6, 6.07) is 8.28. The molecule has 1 aromatic carbocycles. The molecule has 1 unspecified atom stereocenters. The first kappa shape index (κ1) is 21.3. The van der Waals surface area contributed by atoms with E-state index in [9.17, 15) is 9.59 Å². The molecule has 0 heterocycles. The Balaban J connectivity index is 3.34. The summed E-state index contributed by atoms with van der Waals surface area (Å²) in [6.07, 6.45) is 5.47. The molecule has 0 bridgehead atoms. The van der Waals surface area contributed by atoms with Crippen molar-refractivity contribution >= 4 is 11.8 Å². The van der Waals surface area contributed by atoms with Crippen molar-refractivity contribution in [2.45, 2.75) is 53.1 Å². The smallest absolute Gasteiger partial charge is 0.300 e. The molecule has 0 radical (unpaired) electrons. The molecule has 0 aliphatic rings. The van der Waals surface area contributed by atoms with Crippen LogP contribution in [0.3, 0.4) is 0 Å². The van der Waals surface area contributed by atoms with Crippen LogP contribution >= 0.6 is 0 Å². The van der Waals surface area contributed by atoms with E-state index in [-0.39, 0.29) is 17.9 Å². The Morgan fingerprint density at radius 1 is 1.12 bits per heavy atom. The van der Waals surface area contributed by atoms with E-state index >= 15 is 0 Å². The largest absolute Gasteiger partial charge is 0.349 e. The summed E-state index contributed by atoms with van der Waals surface area (Å²) in [6.45, 7) is 11.4. The number of carbonyl (C=O) groups is 2. The molecular weight excluding hydrogens is 324 g/mol. The minimum atomic E-state index is -0.840. The summed E-state index contributed by atoms with van der Waals surface area (Å²) >= 11 is 0. The van der Waals surface area contributed by atoms with Gasteiger partial charge >= 0.3 is 0 Å². The van der Waals surface area contributed by atoms with Crippen molar-refractivity contribution in [3.8, 4) is 24.2 Å². The molecular formula is C22H28N2O2. The van der Waals surface area contributed by atoms with E-state index < -0.39 is 17.5 Å². The summed E-state index contributed by atoms with van der Waals surface area (Å²) in [5.41, 5.74) is -0.0742. The van der Waals surface area contributed by atoms with E-state index in [1.54, 1.807) is 12.1 Å². The molecule has 138 valence electrons. The monoisotopic (exact) mass is 352 g/mol. The molecule has 26 heavy (non-hydrogen) atoms. The van der Waals surface area contributed by atoms with Crippen LogP contribution < -0.4 is 5.32 Å². The second-order valence-electron chi connectivity index (χ2n) is 8.19. The summed E-state index contributed by atoms with van der Waals surface area (Å²) in [7, 11) is 0. The zero-order chi connectivity index (χ0) is 20.0. The van der Waals surface area contributed by atoms with Crippen molar-refractivity contribution in [1.82, 2.24) is 10.2 Å². The van der Waals surface area contributed by atoms with E-state index in [0.717, 1.165) is 0 Å². The number of hydrogen-bond acceptors (Lipinski definition) is 2. The molecule has 1 aromatic rings. The zero-order valence-electron chi connectivity index (χ0n) is 16.5. The Kier molecular flexibility index (Phi) is 7.04. The number of nitrogens with zero attached hydrogens (tertiary/aromatic N) is 1. The van der Waals surface area contributed by atoms with Gasteiger partial charge in [-0.1, -0.05) is 42.2 Å². The Morgan fingerprint density at radius 2 is 1.69 bits per heavy atom. The molecule has 4 heteroatoms. The quantitative estimate of drug-likeness (QED) is 0.846. The molecule has 0 aliphatic heterocycles. The third kappa shape index (κ3) is 7.03. The van der Waals surface area contributed by atoms with E-state index in [0.29, 0.717) is 5.56 Å². The van der Waals surface area contributed by atoms with Crippen LogP contribution in [0.4, 0.5) is 0 Å². The van der Waals surface area contributed by atoms with Gasteiger partial charge in [0, 0.05) is 11.0 Å². The van der Waals surface area contributed by atoms with Crippen LogP contribution in [0.25, 0.3) is 0 Å². The standard InChI is InChI=1S/C22H28N2O2/c1-8-16-24(18(25)14-15-21(2,3)4)19(17-12-10-9-11-13-17)20(26)23-22(5,6)7/h1,9-13,19H,16H2,2-7H3,(H,23,26).